The summed E-state index contributed by atoms with van der Waals surface area (Å²) in [6.07, 6.45) is 1.45. The van der Waals surface area contributed by atoms with Gasteiger partial charge in [0.2, 0.25) is 0 Å². The van der Waals surface area contributed by atoms with E-state index in [4.69, 9.17) is 16.3 Å². The molecule has 0 spiro atoms. The van der Waals surface area contributed by atoms with Crippen LogP contribution in [0, 0.1) is 25.2 Å². The number of ether oxygens (including phenoxy) is 1. The standard InChI is InChI=1S/C25H21ClN2O3/c1-16-3-4-19(11-17(16)2)15-31-24-10-5-18(13-23(24)26)12-20(14-27)25(30)28-21-6-8-22(29)9-7-21/h3-13,29H,15H2,1-2H3,(H,28,30)/b20-12+. The van der Waals surface area contributed by atoms with Gasteiger partial charge in [0.05, 0.1) is 5.02 Å². The summed E-state index contributed by atoms with van der Waals surface area (Å²) in [5.41, 5.74) is 4.45. The van der Waals surface area contributed by atoms with Crippen LogP contribution in [0.5, 0.6) is 11.5 Å². The number of rotatable bonds is 6. The van der Waals surface area contributed by atoms with E-state index in [1.165, 1.54) is 29.3 Å². The van der Waals surface area contributed by atoms with Crippen LogP contribution in [-0.4, -0.2) is 11.0 Å². The van der Waals surface area contributed by atoms with Gasteiger partial charge in [-0.1, -0.05) is 35.9 Å². The number of nitriles is 1. The highest BCUT2D eigenvalue weighted by Crippen LogP contribution is 2.27. The monoisotopic (exact) mass is 432 g/mol. The van der Waals surface area contributed by atoms with Crippen molar-refractivity contribution in [3.63, 3.8) is 0 Å². The molecule has 0 heterocycles. The van der Waals surface area contributed by atoms with E-state index in [1.807, 2.05) is 12.1 Å². The van der Waals surface area contributed by atoms with Crippen molar-refractivity contribution in [1.82, 2.24) is 0 Å². The Morgan fingerprint density at radius 1 is 1.10 bits per heavy atom. The lowest BCUT2D eigenvalue weighted by atomic mass is 10.1. The summed E-state index contributed by atoms with van der Waals surface area (Å²) >= 11 is 6.34. The fourth-order valence-corrected chi connectivity index (χ4v) is 3.08. The van der Waals surface area contributed by atoms with E-state index in [-0.39, 0.29) is 11.3 Å². The molecule has 0 atom stereocenters. The number of carbonyl (C=O) groups is 1. The lowest BCUT2D eigenvalue weighted by Gasteiger charge is -2.10. The Bertz CT molecular complexity index is 1180. The van der Waals surface area contributed by atoms with Gasteiger partial charge in [-0.2, -0.15) is 5.26 Å². The van der Waals surface area contributed by atoms with Gasteiger partial charge >= 0.3 is 0 Å². The number of aromatic hydroxyl groups is 1. The van der Waals surface area contributed by atoms with Crippen molar-refractivity contribution < 1.29 is 14.6 Å². The summed E-state index contributed by atoms with van der Waals surface area (Å²) in [6.45, 7) is 4.50. The number of phenols is 1. The summed E-state index contributed by atoms with van der Waals surface area (Å²) in [6, 6.07) is 19.1. The third-order valence-corrected chi connectivity index (χ3v) is 5.02. The maximum absolute atomic E-state index is 12.4. The van der Waals surface area contributed by atoms with Gasteiger partial charge in [-0.25, -0.2) is 0 Å². The van der Waals surface area contributed by atoms with Gasteiger partial charge < -0.3 is 15.2 Å². The van der Waals surface area contributed by atoms with Crippen LogP contribution >= 0.6 is 11.6 Å². The molecule has 0 aromatic heterocycles. The van der Waals surface area contributed by atoms with Gasteiger partial charge in [-0.3, -0.25) is 4.79 Å². The minimum atomic E-state index is -0.556. The van der Waals surface area contributed by atoms with Crippen LogP contribution in [0.2, 0.25) is 5.02 Å². The highest BCUT2D eigenvalue weighted by molar-refractivity contribution is 6.32. The third-order valence-electron chi connectivity index (χ3n) is 4.72. The van der Waals surface area contributed by atoms with Crippen molar-refractivity contribution in [2.75, 3.05) is 5.32 Å². The number of anilines is 1. The number of carbonyl (C=O) groups excluding carboxylic acids is 1. The van der Waals surface area contributed by atoms with Crippen molar-refractivity contribution >= 4 is 29.3 Å². The molecule has 31 heavy (non-hydrogen) atoms. The minimum absolute atomic E-state index is 0.0760. The molecule has 0 saturated carbocycles. The summed E-state index contributed by atoms with van der Waals surface area (Å²) in [4.78, 5) is 12.4. The Balaban J connectivity index is 1.70. The molecule has 6 heteroatoms. The van der Waals surface area contributed by atoms with Gasteiger partial charge in [-0.15, -0.1) is 0 Å². The average molecular weight is 433 g/mol. The summed E-state index contributed by atoms with van der Waals surface area (Å²) in [5, 5.41) is 21.7. The predicted octanol–water partition coefficient (Wildman–Crippen LogP) is 5.79. The smallest absolute Gasteiger partial charge is 0.266 e. The Labute approximate surface area is 186 Å². The zero-order valence-corrected chi connectivity index (χ0v) is 17.9. The van der Waals surface area contributed by atoms with Gasteiger partial charge in [0.1, 0.15) is 29.7 Å². The molecular weight excluding hydrogens is 412 g/mol. The van der Waals surface area contributed by atoms with Gasteiger partial charge in [0.15, 0.2) is 0 Å². The SMILES string of the molecule is Cc1ccc(COc2ccc(/C=C(\C#N)C(=O)Nc3ccc(O)cc3)cc2Cl)cc1C. The number of nitrogens with one attached hydrogen (secondary N) is 1. The molecule has 0 aliphatic carbocycles. The first kappa shape index (κ1) is 21.9. The van der Waals surface area contributed by atoms with E-state index in [9.17, 15) is 15.2 Å². The number of halogens is 1. The van der Waals surface area contributed by atoms with E-state index in [2.05, 4.69) is 31.3 Å². The molecule has 0 bridgehead atoms. The predicted molar refractivity (Wildman–Crippen MR) is 122 cm³/mol. The lowest BCUT2D eigenvalue weighted by molar-refractivity contribution is -0.112. The topological polar surface area (TPSA) is 82.3 Å². The molecule has 1 amide bonds. The van der Waals surface area contributed by atoms with Crippen molar-refractivity contribution in [1.29, 1.82) is 5.26 Å². The van der Waals surface area contributed by atoms with Crippen molar-refractivity contribution in [3.8, 4) is 17.6 Å². The molecule has 0 radical (unpaired) electrons. The molecule has 3 rings (SSSR count). The number of phenolic OH excluding ortho intramolecular Hbond substituents is 1. The van der Waals surface area contributed by atoms with E-state index in [0.717, 1.165) is 5.56 Å². The lowest BCUT2D eigenvalue weighted by Crippen LogP contribution is -2.13. The minimum Gasteiger partial charge on any atom is -0.508 e. The van der Waals surface area contributed by atoms with Crippen molar-refractivity contribution in [3.05, 3.63) is 93.5 Å². The van der Waals surface area contributed by atoms with E-state index in [0.29, 0.717) is 28.6 Å². The Kier molecular flexibility index (Phi) is 6.96. The van der Waals surface area contributed by atoms with E-state index < -0.39 is 5.91 Å². The normalized spacial score (nSPS) is 11.0. The number of aryl methyl sites for hydroxylation is 2. The molecular formula is C25H21ClN2O3. The largest absolute Gasteiger partial charge is 0.508 e. The zero-order valence-electron chi connectivity index (χ0n) is 17.1. The molecule has 0 aliphatic heterocycles. The summed E-state index contributed by atoms with van der Waals surface area (Å²) in [5.74, 6) is 0.0481. The molecule has 0 unspecified atom stereocenters. The molecule has 0 aliphatic rings. The molecule has 0 fully saturated rings. The second-order valence-electron chi connectivity index (χ2n) is 7.07. The highest BCUT2D eigenvalue weighted by atomic mass is 35.5. The van der Waals surface area contributed by atoms with E-state index >= 15 is 0 Å². The van der Waals surface area contributed by atoms with Crippen LogP contribution in [0.25, 0.3) is 6.08 Å². The number of hydrogen-bond donors (Lipinski definition) is 2. The average Bonchev–Trinajstić information content (AvgIpc) is 2.75. The maximum atomic E-state index is 12.4. The first-order valence-electron chi connectivity index (χ1n) is 9.56. The van der Waals surface area contributed by atoms with Crippen LogP contribution in [0.15, 0.2) is 66.2 Å². The highest BCUT2D eigenvalue weighted by Gasteiger charge is 2.11. The van der Waals surface area contributed by atoms with E-state index in [1.54, 1.807) is 30.3 Å². The molecule has 0 saturated heterocycles. The molecule has 2 N–H and O–H groups in total. The number of benzene rings is 3. The van der Waals surface area contributed by atoms with Crippen LogP contribution in [-0.2, 0) is 11.4 Å². The number of amides is 1. The Hall–Kier alpha value is -3.75. The Morgan fingerprint density at radius 3 is 2.48 bits per heavy atom. The Morgan fingerprint density at radius 2 is 1.84 bits per heavy atom. The molecule has 5 nitrogen and oxygen atoms in total. The summed E-state index contributed by atoms with van der Waals surface area (Å²) in [7, 11) is 0. The van der Waals surface area contributed by atoms with Crippen LogP contribution in [0.1, 0.15) is 22.3 Å². The fraction of sp³-hybridized carbons (Fsp3) is 0.120. The van der Waals surface area contributed by atoms with Gasteiger partial charge in [-0.05, 0) is 78.6 Å². The third kappa shape index (κ3) is 5.88. The molecule has 156 valence electrons. The van der Waals surface area contributed by atoms with Gasteiger partial charge in [0, 0.05) is 5.69 Å². The van der Waals surface area contributed by atoms with Crippen molar-refractivity contribution in [2.24, 2.45) is 0 Å². The number of nitrogens with zero attached hydrogens (tertiary/aromatic N) is 1. The second-order valence-corrected chi connectivity index (χ2v) is 7.48. The molecule has 3 aromatic carbocycles. The van der Waals surface area contributed by atoms with Crippen LogP contribution in [0.4, 0.5) is 5.69 Å². The van der Waals surface area contributed by atoms with Crippen LogP contribution < -0.4 is 10.1 Å². The first-order valence-corrected chi connectivity index (χ1v) is 9.94. The quantitative estimate of drug-likeness (QED) is 0.293. The number of hydrogen-bond acceptors (Lipinski definition) is 4. The second kappa shape index (κ2) is 9.84. The maximum Gasteiger partial charge on any atom is 0.266 e. The summed E-state index contributed by atoms with van der Waals surface area (Å²) < 4.78 is 5.82. The zero-order chi connectivity index (χ0) is 22.4. The van der Waals surface area contributed by atoms with Gasteiger partial charge in [0.25, 0.3) is 5.91 Å². The van der Waals surface area contributed by atoms with Crippen LogP contribution in [0.3, 0.4) is 0 Å². The first-order chi connectivity index (χ1) is 14.9. The fourth-order valence-electron chi connectivity index (χ4n) is 2.84. The van der Waals surface area contributed by atoms with Crippen molar-refractivity contribution in [2.45, 2.75) is 20.5 Å². The molecule has 3 aromatic rings.